The number of aliphatic carboxylic acids is 1. The molecule has 0 aliphatic carbocycles. The molecule has 0 spiro atoms. The molecular formula is C12H17N3O5. The van der Waals surface area contributed by atoms with E-state index in [0.717, 1.165) is 0 Å². The molecule has 0 bridgehead atoms. The van der Waals surface area contributed by atoms with Crippen molar-refractivity contribution in [3.63, 3.8) is 0 Å². The lowest BCUT2D eigenvalue weighted by Gasteiger charge is -2.04. The van der Waals surface area contributed by atoms with Crippen LogP contribution in [0.25, 0.3) is 0 Å². The fraction of sp³-hybridized carbons (Fsp3) is 0.500. The maximum absolute atomic E-state index is 11.5. The lowest BCUT2D eigenvalue weighted by Crippen LogP contribution is -2.34. The van der Waals surface area contributed by atoms with Gasteiger partial charge in [-0.2, -0.15) is 0 Å². The SMILES string of the molecule is Cc1noc(NC(=O)NC(=O)CCCCC(=O)O)c1C. The third-order valence-corrected chi connectivity index (χ3v) is 2.68. The van der Waals surface area contributed by atoms with Crippen molar-refractivity contribution >= 4 is 23.8 Å². The zero-order valence-corrected chi connectivity index (χ0v) is 11.4. The number of rotatable bonds is 6. The first kappa shape index (κ1) is 15.7. The Morgan fingerprint density at radius 2 is 1.85 bits per heavy atom. The van der Waals surface area contributed by atoms with Gasteiger partial charge in [0.1, 0.15) is 0 Å². The number of nitrogens with one attached hydrogen (secondary N) is 2. The number of carboxylic acid groups (broad SMARTS) is 1. The predicted octanol–water partition coefficient (Wildman–Crippen LogP) is 1.58. The molecule has 8 heteroatoms. The zero-order chi connectivity index (χ0) is 15.1. The lowest BCUT2D eigenvalue weighted by atomic mass is 10.2. The van der Waals surface area contributed by atoms with Crippen molar-refractivity contribution in [2.45, 2.75) is 39.5 Å². The van der Waals surface area contributed by atoms with E-state index in [0.29, 0.717) is 24.1 Å². The molecule has 1 aromatic heterocycles. The van der Waals surface area contributed by atoms with Crippen molar-refractivity contribution < 1.29 is 24.0 Å². The number of amides is 3. The number of urea groups is 1. The highest BCUT2D eigenvalue weighted by atomic mass is 16.5. The van der Waals surface area contributed by atoms with Gasteiger partial charge in [0.2, 0.25) is 11.8 Å². The second-order valence-electron chi connectivity index (χ2n) is 4.33. The molecule has 0 aromatic carbocycles. The van der Waals surface area contributed by atoms with Gasteiger partial charge in [-0.15, -0.1) is 0 Å². The summed E-state index contributed by atoms with van der Waals surface area (Å²) in [5.74, 6) is -1.18. The van der Waals surface area contributed by atoms with Crippen LogP contribution in [0, 0.1) is 13.8 Å². The highest BCUT2D eigenvalue weighted by molar-refractivity contribution is 6.00. The average molecular weight is 283 g/mol. The Balaban J connectivity index is 2.30. The van der Waals surface area contributed by atoms with Gasteiger partial charge < -0.3 is 9.63 Å². The van der Waals surface area contributed by atoms with E-state index in [-0.39, 0.29) is 18.7 Å². The van der Waals surface area contributed by atoms with Gasteiger partial charge in [-0.05, 0) is 26.7 Å². The number of carboxylic acids is 1. The second kappa shape index (κ2) is 7.27. The zero-order valence-electron chi connectivity index (χ0n) is 11.4. The van der Waals surface area contributed by atoms with Crippen LogP contribution in [0.5, 0.6) is 0 Å². The van der Waals surface area contributed by atoms with E-state index >= 15 is 0 Å². The van der Waals surface area contributed by atoms with Crippen LogP contribution >= 0.6 is 0 Å². The molecule has 0 saturated carbocycles. The van der Waals surface area contributed by atoms with Crippen molar-refractivity contribution in [1.29, 1.82) is 0 Å². The summed E-state index contributed by atoms with van der Waals surface area (Å²) < 4.78 is 4.87. The third-order valence-electron chi connectivity index (χ3n) is 2.68. The van der Waals surface area contributed by atoms with Crippen LogP contribution in [-0.2, 0) is 9.59 Å². The second-order valence-corrected chi connectivity index (χ2v) is 4.33. The van der Waals surface area contributed by atoms with Gasteiger partial charge in [0.25, 0.3) is 0 Å². The number of hydrogen-bond acceptors (Lipinski definition) is 5. The predicted molar refractivity (Wildman–Crippen MR) is 69.2 cm³/mol. The average Bonchev–Trinajstić information content (AvgIpc) is 2.66. The standard InChI is InChI=1S/C12H17N3O5/c1-7-8(2)15-20-11(7)14-12(19)13-9(16)5-3-4-6-10(17)18/h3-6H2,1-2H3,(H,17,18)(H2,13,14,16,19). The molecule has 0 fully saturated rings. The van der Waals surface area contributed by atoms with Crippen molar-refractivity contribution in [3.05, 3.63) is 11.3 Å². The summed E-state index contributed by atoms with van der Waals surface area (Å²) in [7, 11) is 0. The van der Waals surface area contributed by atoms with Gasteiger partial charge in [-0.25, -0.2) is 4.79 Å². The Labute approximate surface area is 115 Å². The molecule has 0 aliphatic heterocycles. The first-order valence-corrected chi connectivity index (χ1v) is 6.15. The maximum Gasteiger partial charge on any atom is 0.328 e. The minimum atomic E-state index is -0.903. The van der Waals surface area contributed by atoms with Crippen molar-refractivity contribution in [2.75, 3.05) is 5.32 Å². The number of carbonyl (C=O) groups excluding carboxylic acids is 2. The number of aryl methyl sites for hydroxylation is 1. The highest BCUT2D eigenvalue weighted by Gasteiger charge is 2.13. The first-order chi connectivity index (χ1) is 9.40. The van der Waals surface area contributed by atoms with E-state index in [1.807, 2.05) is 0 Å². The molecule has 0 saturated heterocycles. The number of imide groups is 1. The Morgan fingerprint density at radius 1 is 1.20 bits per heavy atom. The van der Waals surface area contributed by atoms with Crippen molar-refractivity contribution in [3.8, 4) is 0 Å². The normalized spacial score (nSPS) is 10.1. The Kier molecular flexibility index (Phi) is 5.70. The van der Waals surface area contributed by atoms with Gasteiger partial charge in [0.05, 0.1) is 5.69 Å². The van der Waals surface area contributed by atoms with Crippen molar-refractivity contribution in [2.24, 2.45) is 0 Å². The van der Waals surface area contributed by atoms with E-state index in [1.165, 1.54) is 0 Å². The smallest absolute Gasteiger partial charge is 0.328 e. The summed E-state index contributed by atoms with van der Waals surface area (Å²) in [6.45, 7) is 3.46. The quantitative estimate of drug-likeness (QED) is 0.681. The van der Waals surface area contributed by atoms with Gasteiger partial charge >= 0.3 is 12.0 Å². The van der Waals surface area contributed by atoms with Crippen molar-refractivity contribution in [1.82, 2.24) is 10.5 Å². The Bertz CT molecular complexity index is 509. The van der Waals surface area contributed by atoms with E-state index in [4.69, 9.17) is 9.63 Å². The number of aromatic nitrogens is 1. The first-order valence-electron chi connectivity index (χ1n) is 6.15. The Hall–Kier alpha value is -2.38. The van der Waals surface area contributed by atoms with Crippen LogP contribution in [0.4, 0.5) is 10.7 Å². The van der Waals surface area contributed by atoms with Crippen LogP contribution < -0.4 is 10.6 Å². The lowest BCUT2D eigenvalue weighted by molar-refractivity contribution is -0.137. The Morgan fingerprint density at radius 3 is 2.40 bits per heavy atom. The number of nitrogens with zero attached hydrogens (tertiary/aromatic N) is 1. The summed E-state index contributed by atoms with van der Waals surface area (Å²) in [6, 6.07) is -0.701. The van der Waals surface area contributed by atoms with Gasteiger partial charge in [0.15, 0.2) is 0 Å². The molecule has 0 aliphatic rings. The molecule has 0 atom stereocenters. The molecule has 3 amide bonds. The molecule has 1 aromatic rings. The summed E-state index contributed by atoms with van der Waals surface area (Å²) in [6.07, 6.45) is 0.905. The summed E-state index contributed by atoms with van der Waals surface area (Å²) in [4.78, 5) is 33.2. The molecule has 110 valence electrons. The number of carbonyl (C=O) groups is 3. The number of hydrogen-bond donors (Lipinski definition) is 3. The van der Waals surface area contributed by atoms with E-state index in [1.54, 1.807) is 13.8 Å². The van der Waals surface area contributed by atoms with E-state index in [9.17, 15) is 14.4 Å². The van der Waals surface area contributed by atoms with E-state index in [2.05, 4.69) is 15.8 Å². The molecule has 1 rings (SSSR count). The molecular weight excluding hydrogens is 266 g/mol. The summed E-state index contributed by atoms with van der Waals surface area (Å²) in [5, 5.41) is 16.6. The van der Waals surface area contributed by atoms with Crippen LogP contribution in [0.2, 0.25) is 0 Å². The molecule has 1 heterocycles. The van der Waals surface area contributed by atoms with E-state index < -0.39 is 17.9 Å². The van der Waals surface area contributed by atoms with Crippen LogP contribution in [0.1, 0.15) is 36.9 Å². The molecule has 0 unspecified atom stereocenters. The minimum absolute atomic E-state index is 0.00993. The van der Waals surface area contributed by atoms with Crippen LogP contribution in [-0.4, -0.2) is 28.2 Å². The molecule has 3 N–H and O–H groups in total. The molecule has 0 radical (unpaired) electrons. The topological polar surface area (TPSA) is 122 Å². The monoisotopic (exact) mass is 283 g/mol. The summed E-state index contributed by atoms with van der Waals surface area (Å²) in [5.41, 5.74) is 1.34. The third kappa shape index (κ3) is 5.09. The molecule has 20 heavy (non-hydrogen) atoms. The maximum atomic E-state index is 11.5. The minimum Gasteiger partial charge on any atom is -0.481 e. The van der Waals surface area contributed by atoms with Gasteiger partial charge in [-0.3, -0.25) is 20.2 Å². The largest absolute Gasteiger partial charge is 0.481 e. The fourth-order valence-corrected chi connectivity index (χ4v) is 1.42. The van der Waals surface area contributed by atoms with Crippen LogP contribution in [0.15, 0.2) is 4.52 Å². The van der Waals surface area contributed by atoms with Crippen LogP contribution in [0.3, 0.4) is 0 Å². The fourth-order valence-electron chi connectivity index (χ4n) is 1.42. The number of unbranched alkanes of at least 4 members (excludes halogenated alkanes) is 1. The van der Waals surface area contributed by atoms with Gasteiger partial charge in [0, 0.05) is 18.4 Å². The molecule has 8 nitrogen and oxygen atoms in total. The number of anilines is 1. The highest BCUT2D eigenvalue weighted by Crippen LogP contribution is 2.16. The summed E-state index contributed by atoms with van der Waals surface area (Å²) >= 11 is 0. The van der Waals surface area contributed by atoms with Gasteiger partial charge in [-0.1, -0.05) is 5.16 Å².